The Morgan fingerprint density at radius 3 is 2.45 bits per heavy atom. The lowest BCUT2D eigenvalue weighted by atomic mass is 9.83. The van der Waals surface area contributed by atoms with Gasteiger partial charge in [0.05, 0.1) is 37.5 Å². The van der Waals surface area contributed by atoms with Crippen molar-refractivity contribution in [3.05, 3.63) is 99.4 Å². The number of hydrogen-bond acceptors (Lipinski definition) is 7. The number of carboxylic acid groups (broad SMARTS) is 1. The van der Waals surface area contributed by atoms with Crippen molar-refractivity contribution in [2.75, 3.05) is 27.8 Å². The first-order chi connectivity index (χ1) is 28.0. The van der Waals surface area contributed by atoms with E-state index in [1.54, 1.807) is 13.2 Å². The molecule has 58 heavy (non-hydrogen) atoms. The van der Waals surface area contributed by atoms with Crippen molar-refractivity contribution >= 4 is 46.0 Å². The molecule has 5 aromatic rings. The second-order valence-electron chi connectivity index (χ2n) is 15.6. The van der Waals surface area contributed by atoms with Crippen molar-refractivity contribution in [3.63, 3.8) is 0 Å². The van der Waals surface area contributed by atoms with E-state index in [-0.39, 0.29) is 24.9 Å². The maximum atomic E-state index is 15.7. The Morgan fingerprint density at radius 2 is 1.72 bits per heavy atom. The molecule has 1 saturated heterocycles. The number of carbonyl (C=O) groups is 2. The molecule has 0 radical (unpaired) electrons. The Morgan fingerprint density at radius 1 is 0.983 bits per heavy atom. The van der Waals surface area contributed by atoms with Crippen molar-refractivity contribution in [3.8, 4) is 33.8 Å². The van der Waals surface area contributed by atoms with Gasteiger partial charge in [0.2, 0.25) is 5.91 Å². The molecular weight excluding hydrogens is 780 g/mol. The van der Waals surface area contributed by atoms with Crippen LogP contribution in [0.15, 0.2) is 66.9 Å². The minimum Gasteiger partial charge on any atom is -0.496 e. The second-order valence-corrected chi connectivity index (χ2v) is 16.3. The van der Waals surface area contributed by atoms with Crippen LogP contribution in [0.5, 0.6) is 11.5 Å². The van der Waals surface area contributed by atoms with Gasteiger partial charge in [-0.15, -0.1) is 0 Å². The summed E-state index contributed by atoms with van der Waals surface area (Å²) in [5.41, 5.74) is 6.13. The van der Waals surface area contributed by atoms with Gasteiger partial charge in [-0.3, -0.25) is 19.2 Å². The molecule has 0 unspecified atom stereocenters. The molecule has 7 rings (SSSR count). The number of nitrogens with one attached hydrogen (secondary N) is 2. The SMILES string of the molecule is COc1cc(Cn2ncc3c(-c4cccc(-c5cc(F)c(CNC[C@@H]6CCC(=O)N6)c(OC)c5)c4Cl)cccc32)c(Cl)cc1CN(C)[C@H]1CC[C@H](CCC(=O)O)CC1. The van der Waals surface area contributed by atoms with E-state index in [9.17, 15) is 9.59 Å². The summed E-state index contributed by atoms with van der Waals surface area (Å²) >= 11 is 14.1. The first-order valence-electron chi connectivity index (χ1n) is 19.9. The zero-order chi connectivity index (χ0) is 40.9. The summed E-state index contributed by atoms with van der Waals surface area (Å²) < 4.78 is 29.1. The average molecular weight is 831 g/mol. The van der Waals surface area contributed by atoms with E-state index < -0.39 is 11.8 Å². The highest BCUT2D eigenvalue weighted by molar-refractivity contribution is 6.36. The van der Waals surface area contributed by atoms with Gasteiger partial charge in [-0.2, -0.15) is 5.10 Å². The largest absolute Gasteiger partial charge is 0.496 e. The number of aliphatic carboxylic acids is 1. The maximum Gasteiger partial charge on any atom is 0.303 e. The predicted octanol–water partition coefficient (Wildman–Crippen LogP) is 9.11. The number of rotatable bonds is 16. The molecule has 4 aromatic carbocycles. The number of fused-ring (bicyclic) bond motifs is 1. The summed E-state index contributed by atoms with van der Waals surface area (Å²) in [5, 5.41) is 22.0. The minimum absolute atomic E-state index is 0.0340. The molecule has 0 bridgehead atoms. The minimum atomic E-state index is -0.720. The number of hydrogen-bond donors (Lipinski definition) is 3. The lowest BCUT2D eigenvalue weighted by Crippen LogP contribution is -2.35. The van der Waals surface area contributed by atoms with Crippen LogP contribution in [0.25, 0.3) is 33.2 Å². The van der Waals surface area contributed by atoms with Gasteiger partial charge in [-0.25, -0.2) is 4.39 Å². The fourth-order valence-corrected chi connectivity index (χ4v) is 9.16. The van der Waals surface area contributed by atoms with E-state index >= 15 is 4.39 Å². The third-order valence-electron chi connectivity index (χ3n) is 11.8. The molecule has 2 fully saturated rings. The van der Waals surface area contributed by atoms with Crippen LogP contribution >= 0.6 is 23.2 Å². The zero-order valence-electron chi connectivity index (χ0n) is 33.1. The Labute approximate surface area is 348 Å². The van der Waals surface area contributed by atoms with Crippen LogP contribution in [0, 0.1) is 11.7 Å². The first kappa shape index (κ1) is 41.5. The average Bonchev–Trinajstić information content (AvgIpc) is 3.84. The van der Waals surface area contributed by atoms with E-state index in [4.69, 9.17) is 42.9 Å². The van der Waals surface area contributed by atoms with E-state index in [0.717, 1.165) is 77.4 Å². The van der Waals surface area contributed by atoms with Crippen LogP contribution in [0.3, 0.4) is 0 Å². The molecule has 1 aromatic heterocycles. The Kier molecular flexibility index (Phi) is 13.2. The number of ether oxygens (including phenoxy) is 2. The Balaban J connectivity index is 1.07. The van der Waals surface area contributed by atoms with Crippen molar-refractivity contribution in [2.45, 2.75) is 83.1 Å². The normalized spacial score (nSPS) is 18.2. The van der Waals surface area contributed by atoms with Gasteiger partial charge in [0.25, 0.3) is 0 Å². The predicted molar refractivity (Wildman–Crippen MR) is 226 cm³/mol. The lowest BCUT2D eigenvalue weighted by molar-refractivity contribution is -0.137. The molecule has 1 atom stereocenters. The molecule has 1 aliphatic heterocycles. The molecule has 1 amide bonds. The van der Waals surface area contributed by atoms with Gasteiger partial charge >= 0.3 is 5.97 Å². The summed E-state index contributed by atoms with van der Waals surface area (Å²) in [7, 11) is 5.33. The van der Waals surface area contributed by atoms with Crippen LogP contribution in [-0.4, -0.2) is 71.6 Å². The topological polar surface area (TPSA) is 118 Å². The fraction of sp³-hybridized carbons (Fsp3) is 0.400. The highest BCUT2D eigenvalue weighted by atomic mass is 35.5. The van der Waals surface area contributed by atoms with E-state index in [1.807, 2.05) is 59.4 Å². The van der Waals surface area contributed by atoms with E-state index in [2.05, 4.69) is 22.6 Å². The van der Waals surface area contributed by atoms with Gasteiger partial charge in [0, 0.05) is 77.2 Å². The number of halogens is 3. The number of nitrogens with zero attached hydrogens (tertiary/aromatic N) is 3. The third-order valence-corrected chi connectivity index (χ3v) is 12.6. The van der Waals surface area contributed by atoms with Crippen LogP contribution in [-0.2, 0) is 29.2 Å². The highest BCUT2D eigenvalue weighted by Gasteiger charge is 2.26. The van der Waals surface area contributed by atoms with Gasteiger partial charge in [-0.1, -0.05) is 53.5 Å². The van der Waals surface area contributed by atoms with Crippen molar-refractivity contribution in [1.82, 2.24) is 25.3 Å². The summed E-state index contributed by atoms with van der Waals surface area (Å²) in [5.74, 6) is 0.562. The Hall–Kier alpha value is -4.68. The quantitative estimate of drug-likeness (QED) is 0.0902. The maximum absolute atomic E-state index is 15.7. The molecule has 3 N–H and O–H groups in total. The van der Waals surface area contributed by atoms with Crippen molar-refractivity contribution in [1.29, 1.82) is 0 Å². The summed E-state index contributed by atoms with van der Waals surface area (Å²) in [4.78, 5) is 24.9. The number of carbonyl (C=O) groups excluding carboxylic acids is 1. The monoisotopic (exact) mass is 829 g/mol. The highest BCUT2D eigenvalue weighted by Crippen LogP contribution is 2.41. The van der Waals surface area contributed by atoms with Gasteiger partial charge in [0.1, 0.15) is 17.3 Å². The fourth-order valence-electron chi connectivity index (χ4n) is 8.58. The molecular formula is C45H50Cl2FN5O5. The molecule has 2 aliphatic rings. The number of benzene rings is 4. The van der Waals surface area contributed by atoms with Gasteiger partial charge < -0.3 is 25.2 Å². The summed E-state index contributed by atoms with van der Waals surface area (Å²) in [6.07, 6.45) is 8.27. The first-order valence-corrected chi connectivity index (χ1v) is 20.7. The van der Waals surface area contributed by atoms with Crippen LogP contribution in [0.4, 0.5) is 4.39 Å². The molecule has 13 heteroatoms. The van der Waals surface area contributed by atoms with Gasteiger partial charge in [0.15, 0.2) is 0 Å². The number of methoxy groups -OCH3 is 2. The molecule has 306 valence electrons. The summed E-state index contributed by atoms with van der Waals surface area (Å²) in [6.45, 7) is 1.90. The smallest absolute Gasteiger partial charge is 0.303 e. The molecule has 1 aliphatic carbocycles. The number of aromatic nitrogens is 2. The standard InChI is InChI=1S/C45H50Cl2FN5O5/c1-52(32-14-10-27(11-15-32)12-17-44(55)56)25-30-18-38(46)29(21-41(30)57-2)26-53-40-9-5-7-34(36(40)24-50-53)35-8-4-6-33(45(35)47)28-19-39(48)37(42(20-28)58-3)23-49-22-31-13-16-43(54)51-31/h4-9,18-21,24,27,31-32,49H,10-17,22-23,25-26H2,1-3H3,(H,51,54)(H,55,56)/t27-,31-,32-/m0/s1. The van der Waals surface area contributed by atoms with Crippen molar-refractivity contribution in [2.24, 2.45) is 5.92 Å². The molecule has 2 heterocycles. The summed E-state index contributed by atoms with van der Waals surface area (Å²) in [6, 6.07) is 19.5. The zero-order valence-corrected chi connectivity index (χ0v) is 34.6. The molecule has 10 nitrogen and oxygen atoms in total. The molecule has 0 spiro atoms. The van der Waals surface area contributed by atoms with Crippen LogP contribution in [0.2, 0.25) is 10.0 Å². The molecule has 1 saturated carbocycles. The van der Waals surface area contributed by atoms with Crippen LogP contribution in [0.1, 0.15) is 68.1 Å². The van der Waals surface area contributed by atoms with E-state index in [1.165, 1.54) is 13.2 Å². The Bertz CT molecular complexity index is 2290. The lowest BCUT2D eigenvalue weighted by Gasteiger charge is -2.35. The van der Waals surface area contributed by atoms with Crippen molar-refractivity contribution < 1.29 is 28.6 Å². The number of carboxylic acids is 1. The van der Waals surface area contributed by atoms with Gasteiger partial charge in [-0.05, 0) is 98.5 Å². The van der Waals surface area contributed by atoms with E-state index in [0.29, 0.717) is 70.5 Å². The number of amides is 1. The second kappa shape index (κ2) is 18.5. The van der Waals surface area contributed by atoms with Crippen LogP contribution < -0.4 is 20.1 Å². The third kappa shape index (κ3) is 9.28.